The Morgan fingerprint density at radius 3 is 2.76 bits per heavy atom. The molecule has 100 valence electrons. The normalized spacial score (nSPS) is 28.6. The van der Waals surface area contributed by atoms with Crippen molar-refractivity contribution in [2.24, 2.45) is 5.92 Å². The molecule has 2 aliphatic heterocycles. The second-order valence-corrected chi connectivity index (χ2v) is 6.26. The number of hydrogen-bond donors (Lipinski definition) is 1. The van der Waals surface area contributed by atoms with Gasteiger partial charge in [0.25, 0.3) is 0 Å². The van der Waals surface area contributed by atoms with Crippen molar-refractivity contribution in [2.75, 3.05) is 39.3 Å². The minimum atomic E-state index is 0.615. The monoisotopic (exact) mass is 239 g/mol. The van der Waals surface area contributed by atoms with Crippen molar-refractivity contribution in [3.8, 4) is 0 Å². The Bertz CT molecular complexity index is 230. The molecule has 0 saturated carbocycles. The van der Waals surface area contributed by atoms with E-state index in [9.17, 15) is 0 Å². The SMILES string of the molecule is CC(CNC(C)C)CN1CCN2CCCC2C1. The Balaban J connectivity index is 1.68. The van der Waals surface area contributed by atoms with E-state index in [4.69, 9.17) is 0 Å². The van der Waals surface area contributed by atoms with E-state index in [0.717, 1.165) is 18.5 Å². The molecule has 0 aromatic carbocycles. The average Bonchev–Trinajstić information content (AvgIpc) is 2.73. The maximum absolute atomic E-state index is 3.54. The zero-order valence-corrected chi connectivity index (χ0v) is 11.8. The van der Waals surface area contributed by atoms with Crippen molar-refractivity contribution in [1.29, 1.82) is 0 Å². The first-order chi connectivity index (χ1) is 8.15. The minimum Gasteiger partial charge on any atom is -0.314 e. The number of nitrogens with zero attached hydrogens (tertiary/aromatic N) is 2. The summed E-state index contributed by atoms with van der Waals surface area (Å²) in [5, 5.41) is 3.54. The molecule has 2 atom stereocenters. The van der Waals surface area contributed by atoms with Gasteiger partial charge >= 0.3 is 0 Å². The summed E-state index contributed by atoms with van der Waals surface area (Å²) in [4.78, 5) is 5.37. The third-order valence-corrected chi connectivity index (χ3v) is 4.12. The molecule has 3 nitrogen and oxygen atoms in total. The summed E-state index contributed by atoms with van der Waals surface area (Å²) in [6.45, 7) is 14.5. The maximum Gasteiger partial charge on any atom is 0.0224 e. The zero-order valence-electron chi connectivity index (χ0n) is 11.8. The van der Waals surface area contributed by atoms with Crippen LogP contribution in [-0.4, -0.2) is 61.2 Å². The van der Waals surface area contributed by atoms with Crippen LogP contribution in [0.5, 0.6) is 0 Å². The first-order valence-electron chi connectivity index (χ1n) is 7.35. The molecular weight excluding hydrogens is 210 g/mol. The van der Waals surface area contributed by atoms with E-state index < -0.39 is 0 Å². The lowest BCUT2D eigenvalue weighted by Gasteiger charge is -2.38. The summed E-state index contributed by atoms with van der Waals surface area (Å²) in [7, 11) is 0. The van der Waals surface area contributed by atoms with E-state index in [1.54, 1.807) is 0 Å². The number of nitrogens with one attached hydrogen (secondary N) is 1. The summed E-state index contributed by atoms with van der Waals surface area (Å²) in [5.41, 5.74) is 0. The Labute approximate surface area is 107 Å². The molecule has 0 spiro atoms. The Morgan fingerprint density at radius 2 is 2.00 bits per heavy atom. The molecule has 0 radical (unpaired) electrons. The molecule has 17 heavy (non-hydrogen) atoms. The average molecular weight is 239 g/mol. The molecule has 2 rings (SSSR count). The van der Waals surface area contributed by atoms with Crippen molar-refractivity contribution in [3.05, 3.63) is 0 Å². The van der Waals surface area contributed by atoms with Crippen LogP contribution >= 0.6 is 0 Å². The molecule has 2 heterocycles. The molecule has 0 amide bonds. The molecule has 0 aliphatic carbocycles. The smallest absolute Gasteiger partial charge is 0.0224 e. The molecule has 1 N–H and O–H groups in total. The van der Waals surface area contributed by atoms with Gasteiger partial charge in [-0.15, -0.1) is 0 Å². The number of piperazine rings is 1. The largest absolute Gasteiger partial charge is 0.314 e. The topological polar surface area (TPSA) is 18.5 Å². The van der Waals surface area contributed by atoms with Gasteiger partial charge in [0.1, 0.15) is 0 Å². The molecule has 0 aromatic rings. The first kappa shape index (κ1) is 13.3. The van der Waals surface area contributed by atoms with Gasteiger partial charge in [0.15, 0.2) is 0 Å². The summed E-state index contributed by atoms with van der Waals surface area (Å²) in [5.74, 6) is 0.769. The molecule has 2 unspecified atom stereocenters. The quantitative estimate of drug-likeness (QED) is 0.782. The van der Waals surface area contributed by atoms with Crippen LogP contribution in [0.1, 0.15) is 33.6 Å². The van der Waals surface area contributed by atoms with Gasteiger partial charge in [-0.25, -0.2) is 0 Å². The van der Waals surface area contributed by atoms with Gasteiger partial charge in [-0.1, -0.05) is 20.8 Å². The summed E-state index contributed by atoms with van der Waals surface area (Å²) >= 11 is 0. The molecule has 2 fully saturated rings. The van der Waals surface area contributed by atoms with E-state index >= 15 is 0 Å². The van der Waals surface area contributed by atoms with Gasteiger partial charge < -0.3 is 10.2 Å². The van der Waals surface area contributed by atoms with E-state index in [1.165, 1.54) is 45.6 Å². The molecule has 3 heteroatoms. The van der Waals surface area contributed by atoms with Gasteiger partial charge in [-0.2, -0.15) is 0 Å². The van der Waals surface area contributed by atoms with Gasteiger partial charge in [-0.3, -0.25) is 4.90 Å². The van der Waals surface area contributed by atoms with Crippen LogP contribution in [0.15, 0.2) is 0 Å². The fourth-order valence-electron chi connectivity index (χ4n) is 3.16. The molecule has 0 aromatic heterocycles. The van der Waals surface area contributed by atoms with E-state index in [-0.39, 0.29) is 0 Å². The van der Waals surface area contributed by atoms with Crippen molar-refractivity contribution >= 4 is 0 Å². The first-order valence-corrected chi connectivity index (χ1v) is 7.35. The third kappa shape index (κ3) is 3.94. The maximum atomic E-state index is 3.54. The van der Waals surface area contributed by atoms with E-state index in [2.05, 4.69) is 35.9 Å². The van der Waals surface area contributed by atoms with Gasteiger partial charge in [0.2, 0.25) is 0 Å². The fourth-order valence-corrected chi connectivity index (χ4v) is 3.16. The summed E-state index contributed by atoms with van der Waals surface area (Å²) in [6, 6.07) is 1.48. The lowest BCUT2D eigenvalue weighted by molar-refractivity contribution is 0.0933. The second kappa shape index (κ2) is 6.17. The zero-order chi connectivity index (χ0) is 12.3. The van der Waals surface area contributed by atoms with Crippen molar-refractivity contribution < 1.29 is 0 Å². The van der Waals surface area contributed by atoms with Crippen LogP contribution in [0.3, 0.4) is 0 Å². The molecule has 0 bridgehead atoms. The second-order valence-electron chi connectivity index (χ2n) is 6.26. The highest BCUT2D eigenvalue weighted by Crippen LogP contribution is 2.21. The highest BCUT2D eigenvalue weighted by Gasteiger charge is 2.30. The predicted octanol–water partition coefficient (Wildman–Crippen LogP) is 1.40. The summed E-state index contributed by atoms with van der Waals surface area (Å²) in [6.07, 6.45) is 2.85. The van der Waals surface area contributed by atoms with Crippen LogP contribution in [0.25, 0.3) is 0 Å². The minimum absolute atomic E-state index is 0.615. The van der Waals surface area contributed by atoms with Gasteiger partial charge in [0.05, 0.1) is 0 Å². The summed E-state index contributed by atoms with van der Waals surface area (Å²) < 4.78 is 0. The van der Waals surface area contributed by atoms with Gasteiger partial charge in [0, 0.05) is 38.3 Å². The number of rotatable bonds is 5. The van der Waals surface area contributed by atoms with E-state index in [0.29, 0.717) is 6.04 Å². The predicted molar refractivity (Wildman–Crippen MR) is 73.3 cm³/mol. The Morgan fingerprint density at radius 1 is 1.18 bits per heavy atom. The number of hydrogen-bond acceptors (Lipinski definition) is 3. The van der Waals surface area contributed by atoms with Gasteiger partial charge in [-0.05, 0) is 31.8 Å². The lowest BCUT2D eigenvalue weighted by atomic mass is 10.1. The molecule has 2 aliphatic rings. The van der Waals surface area contributed by atoms with Crippen LogP contribution in [-0.2, 0) is 0 Å². The third-order valence-electron chi connectivity index (χ3n) is 4.12. The molecule has 2 saturated heterocycles. The Kier molecular flexibility index (Phi) is 4.83. The van der Waals surface area contributed by atoms with Crippen molar-refractivity contribution in [3.63, 3.8) is 0 Å². The Hall–Kier alpha value is -0.120. The lowest BCUT2D eigenvalue weighted by Crippen LogP contribution is -2.51. The van der Waals surface area contributed by atoms with Crippen molar-refractivity contribution in [1.82, 2.24) is 15.1 Å². The fraction of sp³-hybridized carbons (Fsp3) is 1.00. The van der Waals surface area contributed by atoms with Crippen LogP contribution < -0.4 is 5.32 Å². The van der Waals surface area contributed by atoms with Crippen LogP contribution in [0.4, 0.5) is 0 Å². The number of fused-ring (bicyclic) bond motifs is 1. The standard InChI is InChI=1S/C14H29N3/c1-12(2)15-9-13(3)10-16-7-8-17-6-4-5-14(17)11-16/h12-15H,4-11H2,1-3H3. The van der Waals surface area contributed by atoms with Crippen LogP contribution in [0, 0.1) is 5.92 Å². The van der Waals surface area contributed by atoms with E-state index in [1.807, 2.05) is 0 Å². The van der Waals surface area contributed by atoms with Crippen molar-refractivity contribution in [2.45, 2.75) is 45.7 Å². The highest BCUT2D eigenvalue weighted by atomic mass is 15.3. The highest BCUT2D eigenvalue weighted by molar-refractivity contribution is 4.87. The molecular formula is C14H29N3. The van der Waals surface area contributed by atoms with Crippen LogP contribution in [0.2, 0.25) is 0 Å².